The van der Waals surface area contributed by atoms with Crippen molar-refractivity contribution in [2.75, 3.05) is 13.7 Å². The summed E-state index contributed by atoms with van der Waals surface area (Å²) in [5, 5.41) is 3.53. The molecule has 2 rings (SSSR count). The van der Waals surface area contributed by atoms with Crippen molar-refractivity contribution < 1.29 is 9.15 Å². The topological polar surface area (TPSA) is 34.4 Å². The fourth-order valence-corrected chi connectivity index (χ4v) is 2.17. The number of hydrogen-bond donors (Lipinski definition) is 1. The van der Waals surface area contributed by atoms with Crippen LogP contribution in [-0.4, -0.2) is 19.8 Å². The van der Waals surface area contributed by atoms with E-state index in [1.54, 1.807) is 13.4 Å². The molecule has 16 heavy (non-hydrogen) atoms. The summed E-state index contributed by atoms with van der Waals surface area (Å²) in [5.74, 6) is 1.69. The Balaban J connectivity index is 2.06. The average Bonchev–Trinajstić information content (AvgIpc) is 2.99. The van der Waals surface area contributed by atoms with Crippen molar-refractivity contribution in [2.24, 2.45) is 5.92 Å². The highest BCUT2D eigenvalue weighted by Gasteiger charge is 2.38. The van der Waals surface area contributed by atoms with E-state index in [9.17, 15) is 0 Å². The summed E-state index contributed by atoms with van der Waals surface area (Å²) in [7, 11) is 1.80. The first-order valence-corrected chi connectivity index (χ1v) is 6.16. The fourth-order valence-electron chi connectivity index (χ4n) is 2.17. The molecule has 1 aromatic rings. The minimum absolute atomic E-state index is 0.201. The minimum atomic E-state index is 0.201. The molecular weight excluding hydrogens is 202 g/mol. The summed E-state index contributed by atoms with van der Waals surface area (Å²) in [4.78, 5) is 0. The molecular formula is C13H21NO2. The zero-order valence-corrected chi connectivity index (χ0v) is 10.1. The third-order valence-electron chi connectivity index (χ3n) is 3.15. The molecule has 2 unspecified atom stereocenters. The van der Waals surface area contributed by atoms with E-state index in [0.29, 0.717) is 5.92 Å². The molecule has 1 fully saturated rings. The Hall–Kier alpha value is -0.800. The standard InChI is InChI=1S/C13H21NO2/c1-3-8-14-12(11-5-4-9-16-11)13(15-2)10-6-7-10/h4-5,9-10,12-14H,3,6-8H2,1-2H3. The van der Waals surface area contributed by atoms with Crippen molar-refractivity contribution in [3.05, 3.63) is 24.2 Å². The Morgan fingerprint density at radius 3 is 2.88 bits per heavy atom. The maximum atomic E-state index is 5.63. The highest BCUT2D eigenvalue weighted by molar-refractivity contribution is 5.09. The van der Waals surface area contributed by atoms with Gasteiger partial charge in [-0.15, -0.1) is 0 Å². The van der Waals surface area contributed by atoms with Crippen LogP contribution in [0.4, 0.5) is 0 Å². The van der Waals surface area contributed by atoms with Crippen LogP contribution in [0.1, 0.15) is 38.0 Å². The summed E-state index contributed by atoms with van der Waals surface area (Å²) < 4.78 is 11.1. The van der Waals surface area contributed by atoms with Crippen molar-refractivity contribution in [1.29, 1.82) is 0 Å². The van der Waals surface area contributed by atoms with Crippen LogP contribution in [0.5, 0.6) is 0 Å². The van der Waals surface area contributed by atoms with Crippen LogP contribution in [0.25, 0.3) is 0 Å². The second-order valence-electron chi connectivity index (χ2n) is 4.48. The van der Waals surface area contributed by atoms with Gasteiger partial charge in [-0.25, -0.2) is 0 Å². The van der Waals surface area contributed by atoms with Crippen LogP contribution in [-0.2, 0) is 4.74 Å². The van der Waals surface area contributed by atoms with Gasteiger partial charge < -0.3 is 14.5 Å². The van der Waals surface area contributed by atoms with E-state index in [1.165, 1.54) is 12.8 Å². The van der Waals surface area contributed by atoms with E-state index >= 15 is 0 Å². The fraction of sp³-hybridized carbons (Fsp3) is 0.692. The lowest BCUT2D eigenvalue weighted by Gasteiger charge is -2.25. The Morgan fingerprint density at radius 1 is 1.56 bits per heavy atom. The maximum absolute atomic E-state index is 5.63. The van der Waals surface area contributed by atoms with Crippen molar-refractivity contribution >= 4 is 0 Å². The van der Waals surface area contributed by atoms with Gasteiger partial charge in [-0.2, -0.15) is 0 Å². The van der Waals surface area contributed by atoms with Crippen molar-refractivity contribution in [3.8, 4) is 0 Å². The van der Waals surface area contributed by atoms with Gasteiger partial charge in [0, 0.05) is 7.11 Å². The molecule has 0 amide bonds. The van der Waals surface area contributed by atoms with Crippen LogP contribution in [0.15, 0.2) is 22.8 Å². The molecule has 0 aromatic carbocycles. The molecule has 3 heteroatoms. The predicted octanol–water partition coefficient (Wildman–Crippen LogP) is 2.75. The Morgan fingerprint density at radius 2 is 2.38 bits per heavy atom. The number of methoxy groups -OCH3 is 1. The largest absolute Gasteiger partial charge is 0.468 e. The van der Waals surface area contributed by atoms with Gasteiger partial charge >= 0.3 is 0 Å². The second kappa shape index (κ2) is 5.51. The molecule has 2 atom stereocenters. The SMILES string of the molecule is CCCNC(c1ccco1)C(OC)C1CC1. The molecule has 0 aliphatic heterocycles. The quantitative estimate of drug-likeness (QED) is 0.771. The van der Waals surface area contributed by atoms with Crippen molar-refractivity contribution in [1.82, 2.24) is 5.32 Å². The van der Waals surface area contributed by atoms with Crippen LogP contribution in [0.3, 0.4) is 0 Å². The number of ether oxygens (including phenoxy) is 1. The van der Waals surface area contributed by atoms with Gasteiger partial charge in [-0.1, -0.05) is 6.92 Å². The molecule has 0 bridgehead atoms. The Kier molecular flexibility index (Phi) is 4.02. The number of furan rings is 1. The number of hydrogen-bond acceptors (Lipinski definition) is 3. The van der Waals surface area contributed by atoms with E-state index in [2.05, 4.69) is 12.2 Å². The lowest BCUT2D eigenvalue weighted by Crippen LogP contribution is -2.35. The Bertz CT molecular complexity index is 293. The molecule has 1 saturated carbocycles. The van der Waals surface area contributed by atoms with Crippen molar-refractivity contribution in [3.63, 3.8) is 0 Å². The number of nitrogens with one attached hydrogen (secondary N) is 1. The van der Waals surface area contributed by atoms with E-state index in [0.717, 1.165) is 18.7 Å². The van der Waals surface area contributed by atoms with Crippen LogP contribution in [0, 0.1) is 5.92 Å². The molecule has 3 nitrogen and oxygen atoms in total. The van der Waals surface area contributed by atoms with E-state index in [1.807, 2.05) is 12.1 Å². The Labute approximate surface area is 97.2 Å². The lowest BCUT2D eigenvalue weighted by molar-refractivity contribution is 0.0440. The van der Waals surface area contributed by atoms with Gasteiger partial charge in [0.1, 0.15) is 5.76 Å². The summed E-state index contributed by atoms with van der Waals surface area (Å²) in [6, 6.07) is 4.17. The van der Waals surface area contributed by atoms with Gasteiger partial charge in [0.05, 0.1) is 18.4 Å². The summed E-state index contributed by atoms with van der Waals surface area (Å²) >= 11 is 0. The highest BCUT2D eigenvalue weighted by atomic mass is 16.5. The molecule has 0 spiro atoms. The molecule has 0 radical (unpaired) electrons. The zero-order valence-electron chi connectivity index (χ0n) is 10.1. The van der Waals surface area contributed by atoms with Crippen LogP contribution >= 0.6 is 0 Å². The second-order valence-corrected chi connectivity index (χ2v) is 4.48. The number of rotatable bonds is 7. The summed E-state index contributed by atoms with van der Waals surface area (Å²) in [6.45, 7) is 3.17. The molecule has 0 saturated heterocycles. The van der Waals surface area contributed by atoms with Gasteiger partial charge in [0.15, 0.2) is 0 Å². The van der Waals surface area contributed by atoms with Crippen LogP contribution < -0.4 is 5.32 Å². The van der Waals surface area contributed by atoms with Gasteiger partial charge in [0.25, 0.3) is 0 Å². The molecule has 90 valence electrons. The molecule has 1 N–H and O–H groups in total. The summed E-state index contributed by atoms with van der Waals surface area (Å²) in [5.41, 5.74) is 0. The monoisotopic (exact) mass is 223 g/mol. The van der Waals surface area contributed by atoms with Gasteiger partial charge in [0.2, 0.25) is 0 Å². The zero-order chi connectivity index (χ0) is 11.4. The van der Waals surface area contributed by atoms with Gasteiger partial charge in [-0.05, 0) is 43.9 Å². The highest BCUT2D eigenvalue weighted by Crippen LogP contribution is 2.39. The first kappa shape index (κ1) is 11.7. The minimum Gasteiger partial charge on any atom is -0.468 e. The smallest absolute Gasteiger partial charge is 0.123 e. The third-order valence-corrected chi connectivity index (χ3v) is 3.15. The normalized spacial score (nSPS) is 19.6. The molecule has 1 heterocycles. The first-order valence-electron chi connectivity index (χ1n) is 6.16. The molecule has 1 aliphatic carbocycles. The third kappa shape index (κ3) is 2.66. The van der Waals surface area contributed by atoms with Crippen molar-refractivity contribution in [2.45, 2.75) is 38.3 Å². The predicted molar refractivity (Wildman–Crippen MR) is 63.3 cm³/mol. The maximum Gasteiger partial charge on any atom is 0.123 e. The van der Waals surface area contributed by atoms with Crippen LogP contribution in [0.2, 0.25) is 0 Å². The summed E-state index contributed by atoms with van der Waals surface area (Å²) in [6.07, 6.45) is 5.67. The first-order chi connectivity index (χ1) is 7.86. The van der Waals surface area contributed by atoms with E-state index in [-0.39, 0.29) is 12.1 Å². The molecule has 1 aliphatic rings. The lowest BCUT2D eigenvalue weighted by atomic mass is 10.0. The molecule has 1 aromatic heterocycles. The average molecular weight is 223 g/mol. The van der Waals surface area contributed by atoms with Gasteiger partial charge in [-0.3, -0.25) is 0 Å². The van der Waals surface area contributed by atoms with E-state index < -0.39 is 0 Å². The van der Waals surface area contributed by atoms with E-state index in [4.69, 9.17) is 9.15 Å².